The predicted octanol–water partition coefficient (Wildman–Crippen LogP) is 2.62. The molecule has 2 saturated heterocycles. The molecule has 4 rings (SSSR count). The van der Waals surface area contributed by atoms with Crippen molar-refractivity contribution >= 4 is 5.97 Å². The van der Waals surface area contributed by atoms with Crippen LogP contribution in [0.2, 0.25) is 0 Å². The van der Waals surface area contributed by atoms with Gasteiger partial charge in [-0.05, 0) is 62.2 Å². The molecule has 2 aliphatic heterocycles. The Morgan fingerprint density at radius 1 is 1.33 bits per heavy atom. The summed E-state index contributed by atoms with van der Waals surface area (Å²) in [5, 5.41) is 0. The molecule has 0 aromatic carbocycles. The number of esters is 1. The number of allylic oxidation sites excluding steroid dienone is 1. The molecular weight excluding hydrogens is 298 g/mol. The first-order valence-corrected chi connectivity index (χ1v) is 10.2. The summed E-state index contributed by atoms with van der Waals surface area (Å²) in [6.07, 6.45) is 8.72. The van der Waals surface area contributed by atoms with Gasteiger partial charge in [-0.15, -0.1) is 0 Å². The zero-order valence-electron chi connectivity index (χ0n) is 15.5. The molecule has 24 heavy (non-hydrogen) atoms. The van der Waals surface area contributed by atoms with Gasteiger partial charge >= 0.3 is 5.97 Å². The molecule has 4 aliphatic rings. The first-order valence-electron chi connectivity index (χ1n) is 10.2. The van der Waals surface area contributed by atoms with Crippen molar-refractivity contribution in [3.05, 3.63) is 12.2 Å². The maximum absolute atomic E-state index is 12.6. The Bertz CT molecular complexity index is 522. The molecule has 3 heteroatoms. The normalized spacial score (nSPS) is 48.6. The van der Waals surface area contributed by atoms with Crippen LogP contribution < -0.4 is 4.90 Å². The van der Waals surface area contributed by atoms with Crippen LogP contribution in [0, 0.1) is 29.1 Å². The second kappa shape index (κ2) is 6.16. The van der Waals surface area contributed by atoms with Gasteiger partial charge in [0, 0.05) is 5.92 Å². The second-order valence-electron chi connectivity index (χ2n) is 9.54. The highest BCUT2D eigenvalue weighted by molar-refractivity contribution is 5.75. The van der Waals surface area contributed by atoms with Crippen LogP contribution >= 0.6 is 0 Å². The van der Waals surface area contributed by atoms with Crippen molar-refractivity contribution < 1.29 is 14.4 Å². The lowest BCUT2D eigenvalue weighted by Crippen LogP contribution is -3.14. The fraction of sp³-hybridized carbons (Fsp3) is 0.857. The average molecular weight is 333 g/mol. The molecule has 0 amide bonds. The summed E-state index contributed by atoms with van der Waals surface area (Å²) >= 11 is 0. The first-order chi connectivity index (χ1) is 11.5. The summed E-state index contributed by atoms with van der Waals surface area (Å²) in [6, 6.07) is 0. The van der Waals surface area contributed by atoms with E-state index in [1.165, 1.54) is 50.8 Å². The number of quaternary nitrogens is 1. The van der Waals surface area contributed by atoms with Crippen molar-refractivity contribution in [1.82, 2.24) is 0 Å². The number of ether oxygens (including phenoxy) is 1. The Morgan fingerprint density at radius 3 is 2.83 bits per heavy atom. The van der Waals surface area contributed by atoms with E-state index >= 15 is 0 Å². The fourth-order valence-electron chi connectivity index (χ4n) is 6.18. The maximum Gasteiger partial charge on any atom is 0.315 e. The summed E-state index contributed by atoms with van der Waals surface area (Å²) in [6.45, 7) is 12.6. The molecule has 4 fully saturated rings. The van der Waals surface area contributed by atoms with Crippen LogP contribution in [-0.2, 0) is 9.53 Å². The Balaban J connectivity index is 1.47. The van der Waals surface area contributed by atoms with Crippen molar-refractivity contribution in [1.29, 1.82) is 0 Å². The van der Waals surface area contributed by atoms with Gasteiger partial charge in [-0.2, -0.15) is 0 Å². The van der Waals surface area contributed by atoms with E-state index in [2.05, 4.69) is 20.4 Å². The molecule has 0 aromatic rings. The third-order valence-corrected chi connectivity index (χ3v) is 7.81. The molecule has 2 saturated carbocycles. The van der Waals surface area contributed by atoms with E-state index in [1.54, 1.807) is 4.90 Å². The lowest BCUT2D eigenvalue weighted by molar-refractivity contribution is -0.908. The minimum atomic E-state index is 0.101. The van der Waals surface area contributed by atoms with Crippen LogP contribution in [0.25, 0.3) is 0 Å². The molecule has 1 N–H and O–H groups in total. The van der Waals surface area contributed by atoms with Crippen molar-refractivity contribution in [2.24, 2.45) is 29.1 Å². The zero-order chi connectivity index (χ0) is 16.9. The Labute approximate surface area is 146 Å². The number of nitrogens with one attached hydrogen (secondary N) is 1. The van der Waals surface area contributed by atoms with E-state index in [9.17, 15) is 4.79 Å². The van der Waals surface area contributed by atoms with Crippen LogP contribution in [0.4, 0.5) is 0 Å². The number of hydrogen-bond donors (Lipinski definition) is 1. The summed E-state index contributed by atoms with van der Waals surface area (Å²) in [5.74, 6) is 2.15. The van der Waals surface area contributed by atoms with Gasteiger partial charge in [-0.25, -0.2) is 0 Å². The number of piperidine rings is 1. The lowest BCUT2D eigenvalue weighted by Gasteiger charge is -2.50. The van der Waals surface area contributed by atoms with Crippen molar-refractivity contribution in [3.63, 3.8) is 0 Å². The van der Waals surface area contributed by atoms with Gasteiger partial charge in [-0.3, -0.25) is 4.79 Å². The van der Waals surface area contributed by atoms with Gasteiger partial charge in [0.1, 0.15) is 12.0 Å². The van der Waals surface area contributed by atoms with Crippen molar-refractivity contribution in [3.8, 4) is 0 Å². The quantitative estimate of drug-likeness (QED) is 0.622. The largest absolute Gasteiger partial charge is 0.462 e. The standard InChI is InChI=1S/C21H33NO2/c1-14-6-9-22(10-7-14)13-17-16-11-18-15(2)5-4-8-21(18,3)12-19(16)24-20(17)23/h14,16-19H,2,4-13H2,1,3H3/p+1/t16-,17+,18-,19+,21+/m1/s1. The Kier molecular flexibility index (Phi) is 4.27. The van der Waals surface area contributed by atoms with Crippen molar-refractivity contribution in [2.45, 2.75) is 64.9 Å². The molecule has 2 aliphatic carbocycles. The SMILES string of the molecule is C=C1CCC[C@@]2(C)C[C@@H]3OC(=O)[C@@H](C[NH+]4CCC(C)CC4)[C@H]3C[C@H]12. The molecule has 0 bridgehead atoms. The topological polar surface area (TPSA) is 30.7 Å². The number of rotatable bonds is 2. The molecule has 0 aromatic heterocycles. The Hall–Kier alpha value is -0.830. The van der Waals surface area contributed by atoms with Gasteiger partial charge in [0.05, 0.1) is 19.6 Å². The highest BCUT2D eigenvalue weighted by Gasteiger charge is 2.56. The minimum absolute atomic E-state index is 0.101. The molecule has 5 atom stereocenters. The summed E-state index contributed by atoms with van der Waals surface area (Å²) in [7, 11) is 0. The maximum atomic E-state index is 12.6. The average Bonchev–Trinajstić information content (AvgIpc) is 2.82. The van der Waals surface area contributed by atoms with Crippen LogP contribution in [0.3, 0.4) is 0 Å². The van der Waals surface area contributed by atoms with Gasteiger partial charge in [0.2, 0.25) is 0 Å². The molecule has 2 heterocycles. The van der Waals surface area contributed by atoms with Crippen molar-refractivity contribution in [2.75, 3.05) is 19.6 Å². The van der Waals surface area contributed by atoms with E-state index in [0.717, 1.165) is 25.3 Å². The smallest absolute Gasteiger partial charge is 0.315 e. The number of fused-ring (bicyclic) bond motifs is 2. The third kappa shape index (κ3) is 2.83. The molecule has 134 valence electrons. The minimum Gasteiger partial charge on any atom is -0.462 e. The second-order valence-corrected chi connectivity index (χ2v) is 9.54. The van der Waals surface area contributed by atoms with Crippen LogP contribution in [-0.4, -0.2) is 31.7 Å². The van der Waals surface area contributed by atoms with E-state index < -0.39 is 0 Å². The Morgan fingerprint density at radius 2 is 2.08 bits per heavy atom. The van der Waals surface area contributed by atoms with E-state index in [-0.39, 0.29) is 18.0 Å². The highest BCUT2D eigenvalue weighted by Crippen LogP contribution is 2.56. The van der Waals surface area contributed by atoms with Crippen LogP contribution in [0.15, 0.2) is 12.2 Å². The van der Waals surface area contributed by atoms with Gasteiger partial charge < -0.3 is 9.64 Å². The van der Waals surface area contributed by atoms with Crippen LogP contribution in [0.5, 0.6) is 0 Å². The molecule has 0 unspecified atom stereocenters. The summed E-state index contributed by atoms with van der Waals surface area (Å²) in [4.78, 5) is 14.2. The molecule has 3 nitrogen and oxygen atoms in total. The third-order valence-electron chi connectivity index (χ3n) is 7.81. The number of carbonyl (C=O) groups excluding carboxylic acids is 1. The van der Waals surface area contributed by atoms with E-state index in [4.69, 9.17) is 4.74 Å². The van der Waals surface area contributed by atoms with Crippen LogP contribution in [0.1, 0.15) is 58.8 Å². The van der Waals surface area contributed by atoms with Gasteiger partial charge in [0.15, 0.2) is 0 Å². The predicted molar refractivity (Wildman–Crippen MR) is 94.6 cm³/mol. The van der Waals surface area contributed by atoms with Gasteiger partial charge in [-0.1, -0.05) is 26.0 Å². The van der Waals surface area contributed by atoms with Gasteiger partial charge in [0.25, 0.3) is 0 Å². The molecular formula is C21H34NO2+. The number of likely N-dealkylation sites (tertiary alicyclic amines) is 1. The monoisotopic (exact) mass is 332 g/mol. The first kappa shape index (κ1) is 16.6. The number of hydrogen-bond acceptors (Lipinski definition) is 2. The summed E-state index contributed by atoms with van der Waals surface area (Å²) < 4.78 is 5.91. The molecule has 0 spiro atoms. The van der Waals surface area contributed by atoms with E-state index in [0.29, 0.717) is 17.3 Å². The fourth-order valence-corrected chi connectivity index (χ4v) is 6.18. The zero-order valence-corrected chi connectivity index (χ0v) is 15.5. The highest BCUT2D eigenvalue weighted by atomic mass is 16.6. The molecule has 0 radical (unpaired) electrons. The number of carbonyl (C=O) groups is 1. The lowest BCUT2D eigenvalue weighted by atomic mass is 9.55. The van der Waals surface area contributed by atoms with E-state index in [1.807, 2.05) is 0 Å². The summed E-state index contributed by atoms with van der Waals surface area (Å²) in [5.41, 5.74) is 1.76.